The summed E-state index contributed by atoms with van der Waals surface area (Å²) in [4.78, 5) is 20.2. The number of ether oxygens (including phenoxy) is 1. The molecule has 5 heteroatoms. The number of hydrogen-bond donors (Lipinski definition) is 0. The molecule has 2 heterocycles. The van der Waals surface area contributed by atoms with E-state index in [1.165, 1.54) is 11.3 Å². The minimum atomic E-state index is -0.0135. The van der Waals surface area contributed by atoms with E-state index in [0.717, 1.165) is 5.56 Å². The standard InChI is InChI=1S/C17H14N2O2S/c20-16(17-18-8-9-22-17)10-14-6-7-15(11-19-14)21-12-13-4-2-1-3-5-13/h1-9,11H,10,12H2. The SMILES string of the molecule is O=C(Cc1ccc(OCc2ccccc2)cn1)c1nccs1. The van der Waals surface area contributed by atoms with Crippen LogP contribution in [0, 0.1) is 0 Å². The molecule has 1 aromatic carbocycles. The van der Waals surface area contributed by atoms with E-state index in [0.29, 0.717) is 23.1 Å². The van der Waals surface area contributed by atoms with Crippen molar-refractivity contribution < 1.29 is 9.53 Å². The number of hydrogen-bond acceptors (Lipinski definition) is 5. The van der Waals surface area contributed by atoms with Gasteiger partial charge in [0.15, 0.2) is 10.8 Å². The van der Waals surface area contributed by atoms with Gasteiger partial charge in [0.05, 0.1) is 12.6 Å². The predicted molar refractivity (Wildman–Crippen MR) is 85.2 cm³/mol. The van der Waals surface area contributed by atoms with Crippen LogP contribution in [0.1, 0.15) is 21.1 Å². The Bertz CT molecular complexity index is 725. The zero-order valence-corrected chi connectivity index (χ0v) is 12.6. The molecule has 0 bridgehead atoms. The summed E-state index contributed by atoms with van der Waals surface area (Å²) in [5.41, 5.74) is 1.82. The Hall–Kier alpha value is -2.53. The molecule has 4 nitrogen and oxygen atoms in total. The van der Waals surface area contributed by atoms with Crippen LogP contribution < -0.4 is 4.74 Å². The van der Waals surface area contributed by atoms with Crippen LogP contribution in [-0.4, -0.2) is 15.8 Å². The molecule has 0 N–H and O–H groups in total. The number of Topliss-reactive ketones (excluding diaryl/α,β-unsaturated/α-hetero) is 1. The highest BCUT2D eigenvalue weighted by Crippen LogP contribution is 2.14. The molecule has 0 unspecified atom stereocenters. The highest BCUT2D eigenvalue weighted by Gasteiger charge is 2.10. The van der Waals surface area contributed by atoms with Crippen LogP contribution in [0.4, 0.5) is 0 Å². The van der Waals surface area contributed by atoms with Crippen molar-refractivity contribution in [1.29, 1.82) is 0 Å². The van der Waals surface area contributed by atoms with Gasteiger partial charge in [-0.1, -0.05) is 30.3 Å². The van der Waals surface area contributed by atoms with Crippen molar-refractivity contribution >= 4 is 17.1 Å². The Morgan fingerprint density at radius 2 is 1.95 bits per heavy atom. The van der Waals surface area contributed by atoms with E-state index in [4.69, 9.17) is 4.74 Å². The molecule has 3 aromatic rings. The molecule has 0 atom stereocenters. The van der Waals surface area contributed by atoms with Crippen LogP contribution in [0.15, 0.2) is 60.2 Å². The van der Waals surface area contributed by atoms with Gasteiger partial charge in [-0.05, 0) is 17.7 Å². The highest BCUT2D eigenvalue weighted by atomic mass is 32.1. The molecule has 0 fully saturated rings. The number of aromatic nitrogens is 2. The van der Waals surface area contributed by atoms with Crippen LogP contribution >= 0.6 is 11.3 Å². The lowest BCUT2D eigenvalue weighted by Crippen LogP contribution is -2.04. The van der Waals surface area contributed by atoms with Crippen LogP contribution in [0.3, 0.4) is 0 Å². The lowest BCUT2D eigenvalue weighted by molar-refractivity contribution is 0.0991. The smallest absolute Gasteiger partial charge is 0.197 e. The molecule has 0 aliphatic carbocycles. The zero-order chi connectivity index (χ0) is 15.2. The minimum absolute atomic E-state index is 0.0135. The molecular formula is C17H14N2O2S. The van der Waals surface area contributed by atoms with Crippen LogP contribution in [0.25, 0.3) is 0 Å². The van der Waals surface area contributed by atoms with Gasteiger partial charge in [0.25, 0.3) is 0 Å². The first kappa shape index (κ1) is 14.4. The maximum Gasteiger partial charge on any atom is 0.197 e. The summed E-state index contributed by atoms with van der Waals surface area (Å²) in [6, 6.07) is 13.6. The summed E-state index contributed by atoms with van der Waals surface area (Å²) in [5.74, 6) is 0.676. The van der Waals surface area contributed by atoms with Crippen molar-refractivity contribution in [3.05, 3.63) is 76.5 Å². The summed E-state index contributed by atoms with van der Waals surface area (Å²) in [5, 5.41) is 2.31. The molecular weight excluding hydrogens is 296 g/mol. The Kier molecular flexibility index (Phi) is 4.56. The van der Waals surface area contributed by atoms with Gasteiger partial charge in [0.2, 0.25) is 0 Å². The van der Waals surface area contributed by atoms with Gasteiger partial charge in [-0.3, -0.25) is 9.78 Å². The second kappa shape index (κ2) is 6.95. The number of thiazole rings is 1. The lowest BCUT2D eigenvalue weighted by atomic mass is 10.2. The monoisotopic (exact) mass is 310 g/mol. The van der Waals surface area contributed by atoms with Gasteiger partial charge in [0.1, 0.15) is 12.4 Å². The van der Waals surface area contributed by atoms with Gasteiger partial charge < -0.3 is 4.74 Å². The number of carbonyl (C=O) groups is 1. The number of nitrogens with zero attached hydrogens (tertiary/aromatic N) is 2. The van der Waals surface area contributed by atoms with E-state index in [-0.39, 0.29) is 12.2 Å². The summed E-state index contributed by atoms with van der Waals surface area (Å²) in [7, 11) is 0. The maximum atomic E-state index is 11.9. The number of benzene rings is 1. The number of ketones is 1. The summed E-state index contributed by atoms with van der Waals surface area (Å²) >= 11 is 1.35. The van der Waals surface area contributed by atoms with Crippen molar-refractivity contribution in [2.45, 2.75) is 13.0 Å². The van der Waals surface area contributed by atoms with E-state index in [1.807, 2.05) is 42.5 Å². The van der Waals surface area contributed by atoms with E-state index < -0.39 is 0 Å². The Morgan fingerprint density at radius 1 is 1.09 bits per heavy atom. The largest absolute Gasteiger partial charge is 0.487 e. The van der Waals surface area contributed by atoms with Gasteiger partial charge in [0, 0.05) is 17.3 Å². The van der Waals surface area contributed by atoms with Crippen molar-refractivity contribution in [3.63, 3.8) is 0 Å². The number of rotatable bonds is 6. The average Bonchev–Trinajstić information content (AvgIpc) is 3.10. The van der Waals surface area contributed by atoms with Crippen molar-refractivity contribution in [1.82, 2.24) is 9.97 Å². The highest BCUT2D eigenvalue weighted by molar-refractivity contribution is 7.11. The Morgan fingerprint density at radius 3 is 2.64 bits per heavy atom. The predicted octanol–water partition coefficient (Wildman–Crippen LogP) is 3.54. The van der Waals surface area contributed by atoms with Crippen molar-refractivity contribution in [2.75, 3.05) is 0 Å². The van der Waals surface area contributed by atoms with Gasteiger partial charge in [-0.15, -0.1) is 11.3 Å². The van der Waals surface area contributed by atoms with Gasteiger partial charge >= 0.3 is 0 Å². The maximum absolute atomic E-state index is 11.9. The molecule has 0 radical (unpaired) electrons. The normalized spacial score (nSPS) is 10.4. The molecule has 3 rings (SSSR count). The van der Waals surface area contributed by atoms with Gasteiger partial charge in [-0.25, -0.2) is 4.98 Å². The Balaban J connectivity index is 1.57. The first-order valence-electron chi connectivity index (χ1n) is 6.85. The molecule has 22 heavy (non-hydrogen) atoms. The van der Waals surface area contributed by atoms with Crippen molar-refractivity contribution in [3.8, 4) is 5.75 Å². The van der Waals surface area contributed by atoms with Crippen molar-refractivity contribution in [2.24, 2.45) is 0 Å². The first-order valence-corrected chi connectivity index (χ1v) is 7.73. The van der Waals surface area contributed by atoms with E-state index in [9.17, 15) is 4.79 Å². The molecule has 2 aromatic heterocycles. The number of pyridine rings is 1. The summed E-state index contributed by atoms with van der Waals surface area (Å²) < 4.78 is 5.67. The molecule has 0 saturated heterocycles. The Labute approximate surface area is 132 Å². The van der Waals surface area contributed by atoms with Crippen LogP contribution in [-0.2, 0) is 13.0 Å². The lowest BCUT2D eigenvalue weighted by Gasteiger charge is -2.06. The quantitative estimate of drug-likeness (QED) is 0.653. The third-order valence-corrected chi connectivity index (χ3v) is 3.87. The number of carbonyl (C=O) groups excluding carboxylic acids is 1. The topological polar surface area (TPSA) is 52.1 Å². The molecule has 0 spiro atoms. The minimum Gasteiger partial charge on any atom is -0.487 e. The molecule has 0 amide bonds. The second-order valence-electron chi connectivity index (χ2n) is 4.70. The summed E-state index contributed by atoms with van der Waals surface area (Å²) in [6.07, 6.45) is 3.53. The fourth-order valence-corrected chi connectivity index (χ4v) is 2.52. The fraction of sp³-hybridized carbons (Fsp3) is 0.118. The molecule has 110 valence electrons. The van der Waals surface area contributed by atoms with Crippen LogP contribution in [0.2, 0.25) is 0 Å². The van der Waals surface area contributed by atoms with E-state index in [1.54, 1.807) is 17.8 Å². The van der Waals surface area contributed by atoms with Crippen LogP contribution in [0.5, 0.6) is 5.75 Å². The first-order chi connectivity index (χ1) is 10.8. The summed E-state index contributed by atoms with van der Waals surface area (Å²) in [6.45, 7) is 0.500. The van der Waals surface area contributed by atoms with Gasteiger partial charge in [-0.2, -0.15) is 0 Å². The van der Waals surface area contributed by atoms with E-state index in [2.05, 4.69) is 9.97 Å². The third-order valence-electron chi connectivity index (χ3n) is 3.06. The zero-order valence-electron chi connectivity index (χ0n) is 11.8. The molecule has 0 aliphatic rings. The van der Waals surface area contributed by atoms with E-state index >= 15 is 0 Å². The second-order valence-corrected chi connectivity index (χ2v) is 5.59. The fourth-order valence-electron chi connectivity index (χ4n) is 1.94. The molecule has 0 saturated carbocycles. The third kappa shape index (κ3) is 3.77. The molecule has 0 aliphatic heterocycles. The average molecular weight is 310 g/mol.